The third-order valence-corrected chi connectivity index (χ3v) is 12.1. The van der Waals surface area contributed by atoms with Crippen molar-refractivity contribution in [2.75, 3.05) is 0 Å². The van der Waals surface area contributed by atoms with E-state index >= 15 is 0 Å². The first-order valence-electron chi connectivity index (χ1n) is 13.6. The van der Waals surface area contributed by atoms with Gasteiger partial charge in [-0.3, -0.25) is 9.69 Å². The molecule has 0 aromatic heterocycles. The maximum Gasteiger partial charge on any atom is 0.334 e. The van der Waals surface area contributed by atoms with Crippen LogP contribution in [0.15, 0.2) is 54.6 Å². The van der Waals surface area contributed by atoms with Gasteiger partial charge in [0.2, 0.25) is 0 Å². The van der Waals surface area contributed by atoms with Gasteiger partial charge < -0.3 is 9.16 Å². The molecule has 2 rings (SSSR count). The van der Waals surface area contributed by atoms with Gasteiger partial charge in [0.1, 0.15) is 5.54 Å². The minimum absolute atomic E-state index is 0.0765. The molecule has 3 atom stereocenters. The third-order valence-electron chi connectivity index (χ3n) is 7.55. The molecule has 1 aliphatic heterocycles. The van der Waals surface area contributed by atoms with E-state index < -0.39 is 25.5 Å². The molecular formula is C31H49NO4Si. The average molecular weight is 528 g/mol. The topological polar surface area (TPSA) is 55.8 Å². The quantitative estimate of drug-likeness (QED) is 0.176. The highest BCUT2D eigenvalue weighted by atomic mass is 28.4. The predicted octanol–water partition coefficient (Wildman–Crippen LogP) is 7.90. The zero-order valence-electron chi connectivity index (χ0n) is 24.8. The molecule has 1 aromatic carbocycles. The van der Waals surface area contributed by atoms with Crippen molar-refractivity contribution in [3.05, 3.63) is 60.2 Å². The summed E-state index contributed by atoms with van der Waals surface area (Å²) in [5.74, 6) is -0.549. The van der Waals surface area contributed by atoms with E-state index in [4.69, 9.17) is 9.16 Å². The summed E-state index contributed by atoms with van der Waals surface area (Å²) in [6.45, 7) is 21.2. The van der Waals surface area contributed by atoms with Gasteiger partial charge in [0, 0.05) is 11.0 Å². The Morgan fingerprint density at radius 1 is 1.05 bits per heavy atom. The van der Waals surface area contributed by atoms with Crippen LogP contribution in [0.3, 0.4) is 0 Å². The number of allylic oxidation sites excluding steroid dienone is 1. The maximum atomic E-state index is 13.7. The molecule has 0 spiro atoms. The summed E-state index contributed by atoms with van der Waals surface area (Å²) in [6.07, 6.45) is 10.9. The Morgan fingerprint density at radius 3 is 2.14 bits per heavy atom. The second-order valence-electron chi connectivity index (χ2n) is 13.0. The third kappa shape index (κ3) is 7.67. The van der Waals surface area contributed by atoms with E-state index in [-0.39, 0.29) is 23.0 Å². The first-order valence-corrected chi connectivity index (χ1v) is 16.5. The lowest BCUT2D eigenvalue weighted by atomic mass is 9.89. The fourth-order valence-electron chi connectivity index (χ4n) is 4.20. The van der Waals surface area contributed by atoms with Gasteiger partial charge in [0.05, 0.1) is 6.10 Å². The van der Waals surface area contributed by atoms with Crippen molar-refractivity contribution in [3.8, 4) is 0 Å². The zero-order chi connectivity index (χ0) is 28.1. The van der Waals surface area contributed by atoms with E-state index in [1.165, 1.54) is 0 Å². The van der Waals surface area contributed by atoms with Crippen LogP contribution in [0, 0.1) is 5.41 Å². The number of hydrogen-bond acceptors (Lipinski definition) is 4. The van der Waals surface area contributed by atoms with Crippen molar-refractivity contribution in [1.82, 2.24) is 4.90 Å². The van der Waals surface area contributed by atoms with Crippen LogP contribution in [-0.2, 0) is 14.0 Å². The van der Waals surface area contributed by atoms with Crippen molar-refractivity contribution >= 4 is 20.2 Å². The lowest BCUT2D eigenvalue weighted by Gasteiger charge is -2.39. The molecule has 206 valence electrons. The highest BCUT2D eigenvalue weighted by Crippen LogP contribution is 2.41. The van der Waals surface area contributed by atoms with Crippen LogP contribution in [-0.4, -0.2) is 43.0 Å². The molecule has 1 saturated heterocycles. The lowest BCUT2D eigenvalue weighted by molar-refractivity contribution is -0.148. The standard InChI is InChI=1S/C31H49NO4Si/c1-11-12-14-21-25(36-37(9,10)30(5,6)7)22-17-18-23-31(8)28(34)35-27(29(2,3)4)32(31)26(33)24-19-15-13-16-20-24/h12-20,25,27H,11,21-23H2,1-10H3/b14-12-,18-17-/t25?,27-,31+/m1/s1. The molecule has 0 aliphatic carbocycles. The molecule has 5 nitrogen and oxygen atoms in total. The molecule has 1 fully saturated rings. The number of amides is 1. The molecule has 0 bridgehead atoms. The van der Waals surface area contributed by atoms with Gasteiger partial charge in [-0.2, -0.15) is 0 Å². The summed E-state index contributed by atoms with van der Waals surface area (Å²) in [7, 11) is -1.93. The molecule has 1 unspecified atom stereocenters. The number of rotatable bonds is 10. The molecule has 1 heterocycles. The van der Waals surface area contributed by atoms with Crippen LogP contribution < -0.4 is 0 Å². The van der Waals surface area contributed by atoms with Gasteiger partial charge in [-0.1, -0.05) is 91.0 Å². The number of nitrogens with zero attached hydrogens (tertiary/aromatic N) is 1. The Morgan fingerprint density at radius 2 is 1.62 bits per heavy atom. The second kappa shape index (κ2) is 12.1. The molecule has 0 radical (unpaired) electrons. The van der Waals surface area contributed by atoms with Crippen LogP contribution in [0.2, 0.25) is 18.1 Å². The molecule has 1 aromatic rings. The summed E-state index contributed by atoms with van der Waals surface area (Å²) in [5, 5.41) is 0.130. The molecule has 6 heteroatoms. The first kappa shape index (κ1) is 31.0. The van der Waals surface area contributed by atoms with E-state index in [9.17, 15) is 9.59 Å². The minimum atomic E-state index is -1.93. The molecule has 37 heavy (non-hydrogen) atoms. The van der Waals surface area contributed by atoms with Gasteiger partial charge >= 0.3 is 5.97 Å². The number of carbonyl (C=O) groups is 2. The number of cyclic esters (lactones) is 1. The first-order chi connectivity index (χ1) is 17.0. The Labute approximate surface area is 226 Å². The Balaban J connectivity index is 2.27. The van der Waals surface area contributed by atoms with Crippen molar-refractivity contribution in [3.63, 3.8) is 0 Å². The van der Waals surface area contributed by atoms with Gasteiger partial charge in [-0.25, -0.2) is 4.79 Å². The molecule has 1 aliphatic rings. The molecular weight excluding hydrogens is 478 g/mol. The highest BCUT2D eigenvalue weighted by Gasteiger charge is 2.57. The van der Waals surface area contributed by atoms with Crippen molar-refractivity contribution in [2.45, 2.75) is 117 Å². The summed E-state index contributed by atoms with van der Waals surface area (Å²) < 4.78 is 12.6. The average Bonchev–Trinajstić information content (AvgIpc) is 3.07. The predicted molar refractivity (Wildman–Crippen MR) is 155 cm³/mol. The SMILES string of the molecule is CC/C=C\CC(C/C=C\C[C@@]1(C)C(=O)O[C@H](C(C)(C)C)N1C(=O)c1ccccc1)O[Si](C)(C)C(C)(C)C. The van der Waals surface area contributed by atoms with Crippen LogP contribution in [0.25, 0.3) is 0 Å². The summed E-state index contributed by atoms with van der Waals surface area (Å²) in [4.78, 5) is 28.5. The van der Waals surface area contributed by atoms with Crippen molar-refractivity contribution in [1.29, 1.82) is 0 Å². The molecule has 0 N–H and O–H groups in total. The van der Waals surface area contributed by atoms with Crippen LogP contribution >= 0.6 is 0 Å². The van der Waals surface area contributed by atoms with Gasteiger partial charge in [0.15, 0.2) is 14.5 Å². The van der Waals surface area contributed by atoms with E-state index in [1.54, 1.807) is 17.0 Å². The smallest absolute Gasteiger partial charge is 0.334 e. The van der Waals surface area contributed by atoms with Crippen molar-refractivity contribution < 1.29 is 18.8 Å². The molecule has 0 saturated carbocycles. The highest BCUT2D eigenvalue weighted by molar-refractivity contribution is 6.74. The minimum Gasteiger partial charge on any atom is -0.439 e. The number of carbonyl (C=O) groups excluding carboxylic acids is 2. The van der Waals surface area contributed by atoms with Crippen LogP contribution in [0.4, 0.5) is 0 Å². The van der Waals surface area contributed by atoms with Gasteiger partial charge in [0.25, 0.3) is 5.91 Å². The number of benzene rings is 1. The lowest BCUT2D eigenvalue weighted by Crippen LogP contribution is -2.54. The Kier molecular flexibility index (Phi) is 10.2. The number of esters is 1. The van der Waals surface area contributed by atoms with E-state index in [0.29, 0.717) is 12.0 Å². The Bertz CT molecular complexity index is 971. The summed E-state index contributed by atoms with van der Waals surface area (Å²) >= 11 is 0. The van der Waals surface area contributed by atoms with Crippen molar-refractivity contribution in [2.24, 2.45) is 5.41 Å². The van der Waals surface area contributed by atoms with Crippen LogP contribution in [0.5, 0.6) is 0 Å². The van der Waals surface area contributed by atoms with Crippen LogP contribution in [0.1, 0.15) is 91.4 Å². The largest absolute Gasteiger partial charge is 0.439 e. The fourth-order valence-corrected chi connectivity index (χ4v) is 5.58. The summed E-state index contributed by atoms with van der Waals surface area (Å²) in [5.41, 5.74) is -0.954. The van der Waals surface area contributed by atoms with E-state index in [2.05, 4.69) is 59.0 Å². The van der Waals surface area contributed by atoms with E-state index in [0.717, 1.165) is 19.3 Å². The Hall–Kier alpha value is -2.18. The monoisotopic (exact) mass is 527 g/mol. The number of ether oxygens (including phenoxy) is 1. The summed E-state index contributed by atoms with van der Waals surface area (Å²) in [6, 6.07) is 9.13. The number of hydrogen-bond donors (Lipinski definition) is 0. The maximum absolute atomic E-state index is 13.7. The molecule has 1 amide bonds. The van der Waals surface area contributed by atoms with Gasteiger partial charge in [-0.15, -0.1) is 0 Å². The normalized spacial score (nSPS) is 22.2. The fraction of sp³-hybridized carbons (Fsp3) is 0.613. The second-order valence-corrected chi connectivity index (χ2v) is 17.7. The van der Waals surface area contributed by atoms with Gasteiger partial charge in [-0.05, 0) is 62.9 Å². The van der Waals surface area contributed by atoms with E-state index in [1.807, 2.05) is 52.0 Å². The zero-order valence-corrected chi connectivity index (χ0v) is 25.8.